The molecule has 0 aromatic heterocycles. The number of benzene rings is 1. The van der Waals surface area contributed by atoms with Crippen LogP contribution < -0.4 is 5.32 Å². The average molecular weight is 293 g/mol. The van der Waals surface area contributed by atoms with Gasteiger partial charge >= 0.3 is 6.03 Å². The fourth-order valence-corrected chi connectivity index (χ4v) is 2.41. The lowest BCUT2D eigenvalue weighted by molar-refractivity contribution is 0.0664. The molecule has 2 rings (SSSR count). The molecule has 114 valence electrons. The second kappa shape index (κ2) is 6.56. The summed E-state index contributed by atoms with van der Waals surface area (Å²) < 4.78 is 13.1. The van der Waals surface area contributed by atoms with Crippen molar-refractivity contribution >= 4 is 11.9 Å². The number of nitrogens with zero attached hydrogens (tertiary/aromatic N) is 2. The smallest absolute Gasteiger partial charge is 0.317 e. The maximum absolute atomic E-state index is 13.1. The predicted octanol–water partition coefficient (Wildman–Crippen LogP) is 1.62. The van der Waals surface area contributed by atoms with Crippen LogP contribution in [0.4, 0.5) is 9.18 Å². The first-order valence-electron chi connectivity index (χ1n) is 7.11. The van der Waals surface area contributed by atoms with Crippen molar-refractivity contribution in [3.05, 3.63) is 35.1 Å². The van der Waals surface area contributed by atoms with Crippen molar-refractivity contribution in [3.63, 3.8) is 0 Å². The van der Waals surface area contributed by atoms with Crippen LogP contribution in [0.2, 0.25) is 0 Å². The number of carbonyl (C=O) groups is 2. The lowest BCUT2D eigenvalue weighted by Gasteiger charge is -2.34. The van der Waals surface area contributed by atoms with Gasteiger partial charge in [-0.1, -0.05) is 0 Å². The Balaban J connectivity index is 1.98. The highest BCUT2D eigenvalue weighted by Crippen LogP contribution is 2.14. The number of piperazine rings is 1. The van der Waals surface area contributed by atoms with E-state index in [9.17, 15) is 14.0 Å². The minimum atomic E-state index is -0.342. The van der Waals surface area contributed by atoms with Crippen LogP contribution in [0.5, 0.6) is 0 Å². The number of urea groups is 1. The second-order valence-corrected chi connectivity index (χ2v) is 5.07. The number of aryl methyl sites for hydroxylation is 1. The summed E-state index contributed by atoms with van der Waals surface area (Å²) in [7, 11) is 0. The summed E-state index contributed by atoms with van der Waals surface area (Å²) in [4.78, 5) is 27.5. The molecule has 6 heteroatoms. The molecule has 1 heterocycles. The van der Waals surface area contributed by atoms with Gasteiger partial charge in [-0.15, -0.1) is 0 Å². The van der Waals surface area contributed by atoms with Gasteiger partial charge in [-0.2, -0.15) is 0 Å². The summed E-state index contributed by atoms with van der Waals surface area (Å²) in [6.45, 7) is 6.19. The SMILES string of the molecule is CCNC(=O)N1CCN(C(=O)c2ccc(F)cc2C)CC1. The highest BCUT2D eigenvalue weighted by Gasteiger charge is 2.25. The van der Waals surface area contributed by atoms with E-state index in [0.29, 0.717) is 43.9 Å². The molecule has 1 fully saturated rings. The molecule has 0 spiro atoms. The highest BCUT2D eigenvalue weighted by atomic mass is 19.1. The molecule has 1 aliphatic heterocycles. The van der Waals surface area contributed by atoms with E-state index in [4.69, 9.17) is 0 Å². The van der Waals surface area contributed by atoms with E-state index in [1.807, 2.05) is 6.92 Å². The molecule has 0 radical (unpaired) electrons. The maximum atomic E-state index is 13.1. The normalized spacial score (nSPS) is 15.0. The number of hydrogen-bond acceptors (Lipinski definition) is 2. The number of rotatable bonds is 2. The van der Waals surface area contributed by atoms with Crippen molar-refractivity contribution in [2.24, 2.45) is 0 Å². The van der Waals surface area contributed by atoms with Gasteiger partial charge in [0.1, 0.15) is 5.82 Å². The van der Waals surface area contributed by atoms with Gasteiger partial charge in [0.15, 0.2) is 0 Å². The first kappa shape index (κ1) is 15.3. The number of hydrogen-bond donors (Lipinski definition) is 1. The maximum Gasteiger partial charge on any atom is 0.317 e. The lowest BCUT2D eigenvalue weighted by atomic mass is 10.1. The molecule has 0 unspecified atom stereocenters. The second-order valence-electron chi connectivity index (χ2n) is 5.07. The molecule has 1 aromatic carbocycles. The van der Waals surface area contributed by atoms with Gasteiger partial charge in [-0.25, -0.2) is 9.18 Å². The monoisotopic (exact) mass is 293 g/mol. The van der Waals surface area contributed by atoms with Gasteiger partial charge in [-0.05, 0) is 37.6 Å². The van der Waals surface area contributed by atoms with Crippen LogP contribution in [0.25, 0.3) is 0 Å². The zero-order valence-corrected chi connectivity index (χ0v) is 12.4. The molecule has 3 amide bonds. The van der Waals surface area contributed by atoms with Crippen LogP contribution in [0.15, 0.2) is 18.2 Å². The van der Waals surface area contributed by atoms with Crippen LogP contribution in [-0.4, -0.2) is 54.5 Å². The summed E-state index contributed by atoms with van der Waals surface area (Å²) in [6.07, 6.45) is 0. The summed E-state index contributed by atoms with van der Waals surface area (Å²) in [5.41, 5.74) is 1.15. The first-order valence-corrected chi connectivity index (χ1v) is 7.11. The Morgan fingerprint density at radius 1 is 1.19 bits per heavy atom. The summed E-state index contributed by atoms with van der Waals surface area (Å²) in [5.74, 6) is -0.451. The van der Waals surface area contributed by atoms with Gasteiger partial charge in [0.05, 0.1) is 0 Å². The molecule has 0 bridgehead atoms. The topological polar surface area (TPSA) is 52.7 Å². The molecule has 1 aromatic rings. The molecule has 1 saturated heterocycles. The van der Waals surface area contributed by atoms with E-state index in [-0.39, 0.29) is 17.8 Å². The zero-order valence-electron chi connectivity index (χ0n) is 12.4. The van der Waals surface area contributed by atoms with Crippen LogP contribution in [0, 0.1) is 12.7 Å². The summed E-state index contributed by atoms with van der Waals surface area (Å²) in [6, 6.07) is 4.08. The Bertz CT molecular complexity index is 540. The van der Waals surface area contributed by atoms with Gasteiger partial charge in [0.2, 0.25) is 0 Å². The number of amides is 3. The van der Waals surface area contributed by atoms with E-state index in [0.717, 1.165) is 0 Å². The minimum absolute atomic E-state index is 0.0949. The standard InChI is InChI=1S/C15H20FN3O2/c1-3-17-15(21)19-8-6-18(7-9-19)14(20)13-5-4-12(16)10-11(13)2/h4-5,10H,3,6-9H2,1-2H3,(H,17,21). The molecule has 5 nitrogen and oxygen atoms in total. The quantitative estimate of drug-likeness (QED) is 0.901. The van der Waals surface area contributed by atoms with Gasteiger partial charge in [0.25, 0.3) is 5.91 Å². The molecule has 0 aliphatic carbocycles. The van der Waals surface area contributed by atoms with E-state index in [1.165, 1.54) is 18.2 Å². The molecule has 0 saturated carbocycles. The van der Waals surface area contributed by atoms with Crippen molar-refractivity contribution in [1.82, 2.24) is 15.1 Å². The van der Waals surface area contributed by atoms with Crippen molar-refractivity contribution in [3.8, 4) is 0 Å². The Labute approximate surface area is 123 Å². The summed E-state index contributed by atoms with van der Waals surface area (Å²) in [5, 5.41) is 2.75. The fraction of sp³-hybridized carbons (Fsp3) is 0.467. The van der Waals surface area contributed by atoms with Gasteiger partial charge in [-0.3, -0.25) is 4.79 Å². The fourth-order valence-electron chi connectivity index (χ4n) is 2.41. The van der Waals surface area contributed by atoms with Crippen molar-refractivity contribution in [1.29, 1.82) is 0 Å². The number of halogens is 1. The third kappa shape index (κ3) is 3.51. The Morgan fingerprint density at radius 2 is 1.81 bits per heavy atom. The number of nitrogens with one attached hydrogen (secondary N) is 1. The van der Waals surface area contributed by atoms with E-state index < -0.39 is 0 Å². The van der Waals surface area contributed by atoms with Crippen molar-refractivity contribution in [2.75, 3.05) is 32.7 Å². The predicted molar refractivity (Wildman–Crippen MR) is 77.7 cm³/mol. The van der Waals surface area contributed by atoms with Crippen molar-refractivity contribution < 1.29 is 14.0 Å². The minimum Gasteiger partial charge on any atom is -0.338 e. The Kier molecular flexibility index (Phi) is 4.77. The highest BCUT2D eigenvalue weighted by molar-refractivity contribution is 5.95. The average Bonchev–Trinajstić information content (AvgIpc) is 2.47. The molecule has 1 N–H and O–H groups in total. The van der Waals surface area contributed by atoms with Crippen LogP contribution in [0.3, 0.4) is 0 Å². The third-order valence-corrected chi connectivity index (χ3v) is 3.60. The zero-order chi connectivity index (χ0) is 15.4. The van der Waals surface area contributed by atoms with E-state index >= 15 is 0 Å². The first-order chi connectivity index (χ1) is 10.0. The molecular formula is C15H20FN3O2. The van der Waals surface area contributed by atoms with E-state index in [2.05, 4.69) is 5.32 Å². The van der Waals surface area contributed by atoms with Crippen LogP contribution in [0.1, 0.15) is 22.8 Å². The van der Waals surface area contributed by atoms with Gasteiger partial charge < -0.3 is 15.1 Å². The van der Waals surface area contributed by atoms with Crippen LogP contribution in [-0.2, 0) is 0 Å². The van der Waals surface area contributed by atoms with E-state index in [1.54, 1.807) is 16.7 Å². The molecular weight excluding hydrogens is 273 g/mol. The lowest BCUT2D eigenvalue weighted by Crippen LogP contribution is -2.53. The van der Waals surface area contributed by atoms with Gasteiger partial charge in [0, 0.05) is 38.3 Å². The number of carbonyl (C=O) groups excluding carboxylic acids is 2. The van der Waals surface area contributed by atoms with Crippen molar-refractivity contribution in [2.45, 2.75) is 13.8 Å². The molecule has 21 heavy (non-hydrogen) atoms. The summed E-state index contributed by atoms with van der Waals surface area (Å²) >= 11 is 0. The Hall–Kier alpha value is -2.11. The Morgan fingerprint density at radius 3 is 2.38 bits per heavy atom. The third-order valence-electron chi connectivity index (χ3n) is 3.60. The largest absolute Gasteiger partial charge is 0.338 e. The molecule has 0 atom stereocenters. The molecule has 1 aliphatic rings. The van der Waals surface area contributed by atoms with Crippen LogP contribution >= 0.6 is 0 Å².